The zero-order chi connectivity index (χ0) is 18.2. The number of aromatic amines is 1. The molecule has 0 saturated heterocycles. The molecule has 1 amide bonds. The second kappa shape index (κ2) is 9.05. The molecule has 0 fully saturated rings. The van der Waals surface area contributed by atoms with E-state index in [9.17, 15) is 4.79 Å². The number of thioether (sulfide) groups is 1. The van der Waals surface area contributed by atoms with E-state index in [-0.39, 0.29) is 11.7 Å². The Balaban J connectivity index is 1.47. The van der Waals surface area contributed by atoms with E-state index in [2.05, 4.69) is 20.5 Å². The van der Waals surface area contributed by atoms with Crippen LogP contribution in [0.2, 0.25) is 0 Å². The van der Waals surface area contributed by atoms with E-state index in [4.69, 9.17) is 4.74 Å². The molecule has 0 bridgehead atoms. The summed E-state index contributed by atoms with van der Waals surface area (Å²) in [4.78, 5) is 16.5. The number of ether oxygens (including phenoxy) is 1. The lowest BCUT2D eigenvalue weighted by atomic mass is 10.1. The van der Waals surface area contributed by atoms with E-state index in [0.29, 0.717) is 18.2 Å². The van der Waals surface area contributed by atoms with Gasteiger partial charge in [0.05, 0.1) is 12.4 Å². The van der Waals surface area contributed by atoms with Gasteiger partial charge in [-0.2, -0.15) is 0 Å². The largest absolute Gasteiger partial charge is 0.494 e. The third kappa shape index (κ3) is 5.35. The highest BCUT2D eigenvalue weighted by atomic mass is 32.2. The lowest BCUT2D eigenvalue weighted by Gasteiger charge is -2.06. The lowest BCUT2D eigenvalue weighted by molar-refractivity contribution is -0.113. The molecular formula is C19H20N4O2S. The molecule has 0 aliphatic heterocycles. The molecule has 3 aromatic rings. The fourth-order valence-corrected chi connectivity index (χ4v) is 2.96. The van der Waals surface area contributed by atoms with Crippen molar-refractivity contribution in [3.05, 3.63) is 66.0 Å². The third-order valence-corrected chi connectivity index (χ3v) is 4.35. The zero-order valence-electron chi connectivity index (χ0n) is 14.4. The van der Waals surface area contributed by atoms with E-state index in [1.165, 1.54) is 11.8 Å². The maximum absolute atomic E-state index is 12.1. The van der Waals surface area contributed by atoms with Crippen molar-refractivity contribution in [2.45, 2.75) is 18.5 Å². The minimum atomic E-state index is -0.103. The summed E-state index contributed by atoms with van der Waals surface area (Å²) in [7, 11) is 0. The minimum Gasteiger partial charge on any atom is -0.494 e. The number of nitrogens with zero attached hydrogens (tertiary/aromatic N) is 2. The summed E-state index contributed by atoms with van der Waals surface area (Å²) >= 11 is 1.30. The predicted molar refractivity (Wildman–Crippen MR) is 103 cm³/mol. The highest BCUT2D eigenvalue weighted by Gasteiger charge is 2.09. The fourth-order valence-electron chi connectivity index (χ4n) is 2.34. The number of benzene rings is 2. The molecule has 0 atom stereocenters. The molecule has 0 saturated carbocycles. The SMILES string of the molecule is CCOc1ccc(NC(=O)CSc2n[nH]c(Cc3ccccc3)n2)cc1. The van der Waals surface area contributed by atoms with Gasteiger partial charge in [-0.25, -0.2) is 4.98 Å². The molecule has 1 heterocycles. The number of hydrogen-bond acceptors (Lipinski definition) is 5. The van der Waals surface area contributed by atoms with Crippen molar-refractivity contribution >= 4 is 23.4 Å². The Hall–Kier alpha value is -2.80. The van der Waals surface area contributed by atoms with E-state index in [1.807, 2.05) is 61.5 Å². The molecule has 0 unspecified atom stereocenters. The van der Waals surface area contributed by atoms with Gasteiger partial charge in [-0.05, 0) is 36.8 Å². The second-order valence-electron chi connectivity index (χ2n) is 5.52. The van der Waals surface area contributed by atoms with Crippen molar-refractivity contribution in [1.29, 1.82) is 0 Å². The Bertz CT molecular complexity index is 834. The molecule has 7 heteroatoms. The molecule has 26 heavy (non-hydrogen) atoms. The monoisotopic (exact) mass is 368 g/mol. The fraction of sp³-hybridized carbons (Fsp3) is 0.211. The van der Waals surface area contributed by atoms with Crippen LogP contribution < -0.4 is 10.1 Å². The van der Waals surface area contributed by atoms with Gasteiger partial charge in [0.15, 0.2) is 0 Å². The minimum absolute atomic E-state index is 0.103. The van der Waals surface area contributed by atoms with E-state index in [0.717, 1.165) is 22.8 Å². The molecule has 1 aromatic heterocycles. The van der Waals surface area contributed by atoms with Gasteiger partial charge in [0.2, 0.25) is 11.1 Å². The summed E-state index contributed by atoms with van der Waals surface area (Å²) in [5.74, 6) is 1.71. The molecule has 3 rings (SSSR count). The molecule has 6 nitrogen and oxygen atoms in total. The quantitative estimate of drug-likeness (QED) is 0.595. The first-order chi connectivity index (χ1) is 12.7. The highest BCUT2D eigenvalue weighted by Crippen LogP contribution is 2.17. The van der Waals surface area contributed by atoms with Gasteiger partial charge in [0.25, 0.3) is 0 Å². The maximum atomic E-state index is 12.1. The summed E-state index contributed by atoms with van der Waals surface area (Å²) in [6, 6.07) is 17.3. The molecule has 0 radical (unpaired) electrons. The molecule has 2 aromatic carbocycles. The van der Waals surface area contributed by atoms with Crippen LogP contribution in [0.5, 0.6) is 5.75 Å². The Labute approximate surface area is 156 Å². The Morgan fingerprint density at radius 1 is 1.15 bits per heavy atom. The Morgan fingerprint density at radius 2 is 1.92 bits per heavy atom. The topological polar surface area (TPSA) is 79.9 Å². The number of carbonyl (C=O) groups is 1. The Morgan fingerprint density at radius 3 is 2.65 bits per heavy atom. The number of hydrogen-bond donors (Lipinski definition) is 2. The molecule has 0 aliphatic rings. The number of aromatic nitrogens is 3. The summed E-state index contributed by atoms with van der Waals surface area (Å²) in [6.45, 7) is 2.55. The van der Waals surface area contributed by atoms with Crippen molar-refractivity contribution in [3.8, 4) is 5.75 Å². The van der Waals surface area contributed by atoms with Gasteiger partial charge in [-0.15, -0.1) is 5.10 Å². The molecule has 134 valence electrons. The van der Waals surface area contributed by atoms with Crippen LogP contribution in [0.3, 0.4) is 0 Å². The van der Waals surface area contributed by atoms with Gasteiger partial charge in [0.1, 0.15) is 11.6 Å². The number of rotatable bonds is 8. The summed E-state index contributed by atoms with van der Waals surface area (Å²) in [5, 5.41) is 10.5. The highest BCUT2D eigenvalue weighted by molar-refractivity contribution is 7.99. The summed E-state index contributed by atoms with van der Waals surface area (Å²) in [5.41, 5.74) is 1.90. The van der Waals surface area contributed by atoms with Crippen molar-refractivity contribution < 1.29 is 9.53 Å². The normalized spacial score (nSPS) is 10.5. The standard InChI is InChI=1S/C19H20N4O2S/c1-2-25-16-10-8-15(9-11-16)20-18(24)13-26-19-21-17(22-23-19)12-14-6-4-3-5-7-14/h3-11H,2,12-13H2,1H3,(H,20,24)(H,21,22,23). The number of anilines is 1. The number of nitrogens with one attached hydrogen (secondary N) is 2. The predicted octanol–water partition coefficient (Wildman–Crippen LogP) is 3.53. The van der Waals surface area contributed by atoms with Crippen LogP contribution in [0.15, 0.2) is 59.8 Å². The van der Waals surface area contributed by atoms with E-state index in [1.54, 1.807) is 0 Å². The zero-order valence-corrected chi connectivity index (χ0v) is 15.3. The van der Waals surface area contributed by atoms with Crippen LogP contribution in [0, 0.1) is 0 Å². The van der Waals surface area contributed by atoms with Crippen molar-refractivity contribution in [1.82, 2.24) is 15.2 Å². The summed E-state index contributed by atoms with van der Waals surface area (Å²) < 4.78 is 5.38. The smallest absolute Gasteiger partial charge is 0.234 e. The average molecular weight is 368 g/mol. The molecular weight excluding hydrogens is 348 g/mol. The van der Waals surface area contributed by atoms with Gasteiger partial charge in [0, 0.05) is 12.1 Å². The second-order valence-corrected chi connectivity index (χ2v) is 6.46. The first-order valence-electron chi connectivity index (χ1n) is 8.33. The van der Waals surface area contributed by atoms with Crippen LogP contribution in [0.1, 0.15) is 18.3 Å². The van der Waals surface area contributed by atoms with Crippen LogP contribution in [0.4, 0.5) is 5.69 Å². The lowest BCUT2D eigenvalue weighted by Crippen LogP contribution is -2.14. The van der Waals surface area contributed by atoms with Gasteiger partial charge >= 0.3 is 0 Å². The molecule has 0 spiro atoms. The van der Waals surface area contributed by atoms with Crippen molar-refractivity contribution in [3.63, 3.8) is 0 Å². The van der Waals surface area contributed by atoms with E-state index >= 15 is 0 Å². The summed E-state index contributed by atoms with van der Waals surface area (Å²) in [6.07, 6.45) is 0.687. The van der Waals surface area contributed by atoms with Crippen LogP contribution in [0.25, 0.3) is 0 Å². The molecule has 2 N–H and O–H groups in total. The number of carbonyl (C=O) groups excluding carboxylic acids is 1. The Kier molecular flexibility index (Phi) is 6.27. The number of amides is 1. The molecule has 0 aliphatic carbocycles. The van der Waals surface area contributed by atoms with Crippen molar-refractivity contribution in [2.24, 2.45) is 0 Å². The van der Waals surface area contributed by atoms with Gasteiger partial charge < -0.3 is 10.1 Å². The van der Waals surface area contributed by atoms with Crippen LogP contribution in [-0.4, -0.2) is 33.4 Å². The van der Waals surface area contributed by atoms with Crippen molar-refractivity contribution in [2.75, 3.05) is 17.7 Å². The van der Waals surface area contributed by atoms with Gasteiger partial charge in [-0.3, -0.25) is 9.89 Å². The number of H-pyrrole nitrogens is 1. The van der Waals surface area contributed by atoms with Gasteiger partial charge in [-0.1, -0.05) is 42.1 Å². The first kappa shape index (κ1) is 18.0. The van der Waals surface area contributed by atoms with E-state index < -0.39 is 0 Å². The first-order valence-corrected chi connectivity index (χ1v) is 9.32. The van der Waals surface area contributed by atoms with Crippen LogP contribution >= 0.6 is 11.8 Å². The van der Waals surface area contributed by atoms with Crippen LogP contribution in [-0.2, 0) is 11.2 Å². The average Bonchev–Trinajstić information content (AvgIpc) is 3.10. The maximum Gasteiger partial charge on any atom is 0.234 e. The third-order valence-electron chi connectivity index (χ3n) is 3.51.